The van der Waals surface area contributed by atoms with E-state index >= 15 is 0 Å². The van der Waals surface area contributed by atoms with Crippen LogP contribution in [0.15, 0.2) is 18.2 Å². The first-order chi connectivity index (χ1) is 6.16. The number of hydrogen-bond acceptors (Lipinski definition) is 4. The third-order valence-electron chi connectivity index (χ3n) is 1.90. The molecule has 1 heterocycles. The van der Waals surface area contributed by atoms with Crippen molar-refractivity contribution in [2.24, 2.45) is 0 Å². The number of esters is 1. The summed E-state index contributed by atoms with van der Waals surface area (Å²) in [6.45, 7) is 1.72. The first kappa shape index (κ1) is 7.91. The number of fused-ring (bicyclic) bond motifs is 1. The van der Waals surface area contributed by atoms with Crippen LogP contribution in [0.2, 0.25) is 0 Å². The number of nitrogens with one attached hydrogen (secondary N) is 1. The van der Waals surface area contributed by atoms with Crippen LogP contribution in [0.3, 0.4) is 0 Å². The van der Waals surface area contributed by atoms with Crippen LogP contribution >= 0.6 is 0 Å². The molecule has 1 unspecified atom stereocenters. The van der Waals surface area contributed by atoms with Gasteiger partial charge in [0.1, 0.15) is 11.8 Å². The Bertz CT molecular complexity index is 362. The summed E-state index contributed by atoms with van der Waals surface area (Å²) in [5, 5.41) is 12.1. The summed E-state index contributed by atoms with van der Waals surface area (Å²) in [4.78, 5) is 11.1. The number of aromatic hydroxyl groups is 1. The van der Waals surface area contributed by atoms with Crippen LogP contribution in [0.4, 0.5) is 5.69 Å². The van der Waals surface area contributed by atoms with E-state index in [9.17, 15) is 4.79 Å². The molecule has 0 fully saturated rings. The van der Waals surface area contributed by atoms with Gasteiger partial charge in [0, 0.05) is 6.07 Å². The van der Waals surface area contributed by atoms with Gasteiger partial charge in [-0.05, 0) is 19.1 Å². The Balaban J connectivity index is 2.42. The minimum Gasteiger partial charge on any atom is -0.508 e. The highest BCUT2D eigenvalue weighted by Gasteiger charge is 2.23. The maximum absolute atomic E-state index is 11.1. The predicted octanol–water partition coefficient (Wildman–Crippen LogP) is 1.11. The lowest BCUT2D eigenvalue weighted by molar-refractivity contribution is -0.135. The molecule has 1 aromatic rings. The Morgan fingerprint density at radius 3 is 3.08 bits per heavy atom. The molecule has 4 nitrogen and oxygen atoms in total. The Hall–Kier alpha value is -1.71. The van der Waals surface area contributed by atoms with Crippen molar-refractivity contribution in [3.05, 3.63) is 18.2 Å². The lowest BCUT2D eigenvalue weighted by Crippen LogP contribution is -2.34. The fourth-order valence-electron chi connectivity index (χ4n) is 1.20. The zero-order valence-electron chi connectivity index (χ0n) is 7.07. The number of ether oxygens (including phenoxy) is 1. The predicted molar refractivity (Wildman–Crippen MR) is 46.8 cm³/mol. The van der Waals surface area contributed by atoms with Crippen LogP contribution in [0.25, 0.3) is 0 Å². The van der Waals surface area contributed by atoms with E-state index in [2.05, 4.69) is 5.32 Å². The maximum Gasteiger partial charge on any atom is 0.333 e. The Morgan fingerprint density at radius 1 is 1.54 bits per heavy atom. The van der Waals surface area contributed by atoms with Gasteiger partial charge in [-0.15, -0.1) is 0 Å². The summed E-state index contributed by atoms with van der Waals surface area (Å²) in [5.41, 5.74) is 0.727. The van der Waals surface area contributed by atoms with Crippen molar-refractivity contribution < 1.29 is 14.6 Å². The third-order valence-corrected chi connectivity index (χ3v) is 1.90. The highest BCUT2D eigenvalue weighted by atomic mass is 16.5. The van der Waals surface area contributed by atoms with Crippen LogP contribution in [0.5, 0.6) is 11.5 Å². The standard InChI is InChI=1S/C9H9NO3/c1-5-9(12)13-8-4-6(11)2-3-7(8)10-5/h2-5,10-11H,1H3. The van der Waals surface area contributed by atoms with Crippen molar-refractivity contribution in [3.8, 4) is 11.5 Å². The Labute approximate surface area is 75.1 Å². The highest BCUT2D eigenvalue weighted by Crippen LogP contribution is 2.32. The second kappa shape index (κ2) is 2.65. The summed E-state index contributed by atoms with van der Waals surface area (Å²) in [7, 11) is 0. The summed E-state index contributed by atoms with van der Waals surface area (Å²) < 4.78 is 4.96. The number of phenolic OH excluding ortho intramolecular Hbond substituents is 1. The fourth-order valence-corrected chi connectivity index (χ4v) is 1.20. The van der Waals surface area contributed by atoms with E-state index in [1.165, 1.54) is 12.1 Å². The topological polar surface area (TPSA) is 58.6 Å². The van der Waals surface area contributed by atoms with Crippen molar-refractivity contribution in [1.82, 2.24) is 0 Å². The number of phenols is 1. The molecule has 13 heavy (non-hydrogen) atoms. The van der Waals surface area contributed by atoms with Gasteiger partial charge in [0.25, 0.3) is 0 Å². The molecule has 0 saturated carbocycles. The first-order valence-corrected chi connectivity index (χ1v) is 3.98. The number of rotatable bonds is 0. The zero-order chi connectivity index (χ0) is 9.42. The quantitative estimate of drug-likeness (QED) is 0.356. The molecule has 0 spiro atoms. The van der Waals surface area contributed by atoms with Gasteiger partial charge in [-0.3, -0.25) is 0 Å². The van der Waals surface area contributed by atoms with Gasteiger partial charge in [0.15, 0.2) is 5.75 Å². The van der Waals surface area contributed by atoms with Gasteiger partial charge < -0.3 is 15.2 Å². The van der Waals surface area contributed by atoms with Crippen LogP contribution in [-0.2, 0) is 4.79 Å². The summed E-state index contributed by atoms with van der Waals surface area (Å²) >= 11 is 0. The molecule has 68 valence electrons. The smallest absolute Gasteiger partial charge is 0.333 e. The molecule has 0 amide bonds. The van der Waals surface area contributed by atoms with E-state index in [0.717, 1.165) is 5.69 Å². The molecule has 0 radical (unpaired) electrons. The van der Waals surface area contributed by atoms with E-state index in [1.54, 1.807) is 13.0 Å². The van der Waals surface area contributed by atoms with Gasteiger partial charge in [-0.1, -0.05) is 0 Å². The van der Waals surface area contributed by atoms with Crippen molar-refractivity contribution in [3.63, 3.8) is 0 Å². The van der Waals surface area contributed by atoms with Crippen LogP contribution < -0.4 is 10.1 Å². The van der Waals surface area contributed by atoms with E-state index in [4.69, 9.17) is 9.84 Å². The molecule has 1 atom stereocenters. The average molecular weight is 179 g/mol. The van der Waals surface area contributed by atoms with E-state index in [-0.39, 0.29) is 17.8 Å². The highest BCUT2D eigenvalue weighted by molar-refractivity contribution is 5.86. The van der Waals surface area contributed by atoms with Crippen LogP contribution in [0.1, 0.15) is 6.92 Å². The van der Waals surface area contributed by atoms with Crippen LogP contribution in [-0.4, -0.2) is 17.1 Å². The van der Waals surface area contributed by atoms with Gasteiger partial charge in [-0.2, -0.15) is 0 Å². The largest absolute Gasteiger partial charge is 0.508 e. The minimum atomic E-state index is -0.336. The van der Waals surface area contributed by atoms with Crippen molar-refractivity contribution in [2.45, 2.75) is 13.0 Å². The molecule has 0 aromatic heterocycles. The number of benzene rings is 1. The van der Waals surface area contributed by atoms with Gasteiger partial charge in [-0.25, -0.2) is 4.79 Å². The van der Waals surface area contributed by atoms with Gasteiger partial charge >= 0.3 is 5.97 Å². The number of hydrogen-bond donors (Lipinski definition) is 2. The number of carbonyl (C=O) groups excluding carboxylic acids is 1. The maximum atomic E-state index is 11.1. The zero-order valence-corrected chi connectivity index (χ0v) is 7.07. The molecule has 2 N–H and O–H groups in total. The lowest BCUT2D eigenvalue weighted by atomic mass is 10.2. The van der Waals surface area contributed by atoms with E-state index in [0.29, 0.717) is 5.75 Å². The van der Waals surface area contributed by atoms with Crippen LogP contribution in [0, 0.1) is 0 Å². The number of carbonyl (C=O) groups is 1. The number of anilines is 1. The van der Waals surface area contributed by atoms with Crippen molar-refractivity contribution in [1.29, 1.82) is 0 Å². The molecule has 1 aliphatic heterocycles. The summed E-state index contributed by atoms with van der Waals surface area (Å²) in [6.07, 6.45) is 0. The Kier molecular flexibility index (Phi) is 1.62. The monoisotopic (exact) mass is 179 g/mol. The third kappa shape index (κ3) is 1.30. The van der Waals surface area contributed by atoms with Gasteiger partial charge in [0.2, 0.25) is 0 Å². The molecule has 0 aliphatic carbocycles. The second-order valence-corrected chi connectivity index (χ2v) is 2.97. The van der Waals surface area contributed by atoms with E-state index < -0.39 is 0 Å². The van der Waals surface area contributed by atoms with Gasteiger partial charge in [0.05, 0.1) is 5.69 Å². The molecule has 1 aliphatic rings. The summed E-state index contributed by atoms with van der Waals surface area (Å²) in [6, 6.07) is 4.29. The van der Waals surface area contributed by atoms with E-state index in [1.807, 2.05) is 0 Å². The van der Waals surface area contributed by atoms with Crippen molar-refractivity contribution in [2.75, 3.05) is 5.32 Å². The first-order valence-electron chi connectivity index (χ1n) is 3.98. The molecule has 4 heteroatoms. The van der Waals surface area contributed by atoms with Crippen molar-refractivity contribution >= 4 is 11.7 Å². The average Bonchev–Trinajstić information content (AvgIpc) is 2.08. The Morgan fingerprint density at radius 2 is 2.31 bits per heavy atom. The SMILES string of the molecule is CC1Nc2ccc(O)cc2OC1=O. The molecular weight excluding hydrogens is 170 g/mol. The second-order valence-electron chi connectivity index (χ2n) is 2.97. The molecule has 0 saturated heterocycles. The summed E-state index contributed by atoms with van der Waals surface area (Å²) in [5.74, 6) is 0.129. The molecule has 1 aromatic carbocycles. The molecule has 2 rings (SSSR count). The fraction of sp³-hybridized carbons (Fsp3) is 0.222. The molecular formula is C9H9NO3. The molecule has 0 bridgehead atoms. The lowest BCUT2D eigenvalue weighted by Gasteiger charge is -2.22. The minimum absolute atomic E-state index is 0.0860. The normalized spacial score (nSPS) is 20.1.